The van der Waals surface area contributed by atoms with Crippen LogP contribution in [0.3, 0.4) is 0 Å². The summed E-state index contributed by atoms with van der Waals surface area (Å²) < 4.78 is 33.5. The maximum absolute atomic E-state index is 11.8. The number of nitro benzene ring substituents is 1. The van der Waals surface area contributed by atoms with Crippen molar-refractivity contribution in [1.82, 2.24) is 4.94 Å². The summed E-state index contributed by atoms with van der Waals surface area (Å²) in [4.78, 5) is 9.58. The van der Waals surface area contributed by atoms with Crippen molar-refractivity contribution < 1.29 is 17.8 Å². The van der Waals surface area contributed by atoms with Crippen LogP contribution < -0.4 is 4.94 Å². The molecule has 0 saturated heterocycles. The van der Waals surface area contributed by atoms with E-state index in [2.05, 4.69) is 0 Å². The van der Waals surface area contributed by atoms with E-state index in [4.69, 9.17) is 0 Å². The quantitative estimate of drug-likeness (QED) is 0.462. The van der Waals surface area contributed by atoms with Crippen LogP contribution in [-0.4, -0.2) is 13.3 Å². The van der Waals surface area contributed by atoms with E-state index in [1.165, 1.54) is 0 Å². The Morgan fingerprint density at radius 3 is 2.57 bits per heavy atom. The standard InChI is InChI=1S/C6H5FN2O4S/c7-8-14(12,13)6-3-1-2-5(4-6)9(10)11/h1-4,8H. The van der Waals surface area contributed by atoms with Crippen LogP contribution in [-0.2, 0) is 10.0 Å². The minimum Gasteiger partial charge on any atom is -0.258 e. The molecule has 0 unspecified atom stereocenters. The van der Waals surface area contributed by atoms with Crippen molar-refractivity contribution in [3.8, 4) is 0 Å². The molecule has 8 heteroatoms. The van der Waals surface area contributed by atoms with Gasteiger partial charge in [0.2, 0.25) is 0 Å². The molecule has 0 heterocycles. The van der Waals surface area contributed by atoms with Gasteiger partial charge >= 0.3 is 0 Å². The van der Waals surface area contributed by atoms with Crippen molar-refractivity contribution in [2.45, 2.75) is 4.90 Å². The summed E-state index contributed by atoms with van der Waals surface area (Å²) in [6.07, 6.45) is 0. The SMILES string of the molecule is O=[N+]([O-])c1cccc(S(=O)(=O)NF)c1. The lowest BCUT2D eigenvalue weighted by molar-refractivity contribution is -0.385. The molecule has 1 rings (SSSR count). The number of nitrogens with one attached hydrogen (secondary N) is 1. The van der Waals surface area contributed by atoms with Crippen molar-refractivity contribution in [2.75, 3.05) is 0 Å². The third-order valence-corrected chi connectivity index (χ3v) is 2.52. The van der Waals surface area contributed by atoms with Gasteiger partial charge in [-0.1, -0.05) is 6.07 Å². The van der Waals surface area contributed by atoms with E-state index in [9.17, 15) is 23.0 Å². The molecule has 0 radical (unpaired) electrons. The summed E-state index contributed by atoms with van der Waals surface area (Å²) in [6, 6.07) is 4.08. The summed E-state index contributed by atoms with van der Waals surface area (Å²) in [5.74, 6) is 0. The monoisotopic (exact) mass is 220 g/mol. The largest absolute Gasteiger partial charge is 0.270 e. The van der Waals surface area contributed by atoms with Crippen molar-refractivity contribution in [1.29, 1.82) is 0 Å². The molecule has 1 N–H and O–H groups in total. The maximum atomic E-state index is 11.8. The maximum Gasteiger partial charge on any atom is 0.270 e. The normalized spacial score (nSPS) is 11.2. The van der Waals surface area contributed by atoms with Crippen molar-refractivity contribution in [3.05, 3.63) is 34.4 Å². The Labute approximate surface area is 78.5 Å². The molecule has 76 valence electrons. The Morgan fingerprint density at radius 2 is 2.07 bits per heavy atom. The predicted octanol–water partition coefficient (Wildman–Crippen LogP) is 0.758. The molecule has 14 heavy (non-hydrogen) atoms. The molecule has 0 aliphatic heterocycles. The van der Waals surface area contributed by atoms with Gasteiger partial charge in [0.05, 0.1) is 9.82 Å². The Balaban J connectivity index is 3.26. The summed E-state index contributed by atoms with van der Waals surface area (Å²) in [6.45, 7) is 0. The predicted molar refractivity (Wildman–Crippen MR) is 44.5 cm³/mol. The molecule has 0 bridgehead atoms. The second-order valence-electron chi connectivity index (χ2n) is 2.34. The smallest absolute Gasteiger partial charge is 0.258 e. The van der Waals surface area contributed by atoms with Crippen LogP contribution in [0.2, 0.25) is 0 Å². The first-order chi connectivity index (χ1) is 6.47. The summed E-state index contributed by atoms with van der Waals surface area (Å²) in [7, 11) is -4.28. The highest BCUT2D eigenvalue weighted by atomic mass is 32.2. The second-order valence-corrected chi connectivity index (χ2v) is 3.97. The lowest BCUT2D eigenvalue weighted by Gasteiger charge is -1.98. The highest BCUT2D eigenvalue weighted by Gasteiger charge is 2.16. The van der Waals surface area contributed by atoms with E-state index in [1.807, 2.05) is 0 Å². The average Bonchev–Trinajstić information content (AvgIpc) is 2.18. The van der Waals surface area contributed by atoms with E-state index in [0.29, 0.717) is 4.94 Å². The molecule has 0 aromatic heterocycles. The lowest BCUT2D eigenvalue weighted by atomic mass is 10.3. The number of nitrogens with zero attached hydrogens (tertiary/aromatic N) is 1. The fourth-order valence-electron chi connectivity index (χ4n) is 0.809. The third-order valence-electron chi connectivity index (χ3n) is 1.44. The van der Waals surface area contributed by atoms with Gasteiger partial charge in [-0.05, 0) is 11.0 Å². The number of nitro groups is 1. The molecule has 0 saturated carbocycles. The minimum absolute atomic E-state index is 0.415. The molecule has 0 aliphatic rings. The fourth-order valence-corrected chi connectivity index (χ4v) is 1.43. The highest BCUT2D eigenvalue weighted by Crippen LogP contribution is 2.16. The molecule has 0 amide bonds. The van der Waals surface area contributed by atoms with E-state index in [1.54, 1.807) is 0 Å². The lowest BCUT2D eigenvalue weighted by Crippen LogP contribution is -2.14. The van der Waals surface area contributed by atoms with Crippen LogP contribution in [0.1, 0.15) is 0 Å². The van der Waals surface area contributed by atoms with Crippen LogP contribution in [0.15, 0.2) is 29.2 Å². The van der Waals surface area contributed by atoms with Crippen LogP contribution in [0.4, 0.5) is 10.2 Å². The fraction of sp³-hybridized carbons (Fsp3) is 0. The van der Waals surface area contributed by atoms with Gasteiger partial charge in [-0.3, -0.25) is 10.1 Å². The highest BCUT2D eigenvalue weighted by molar-refractivity contribution is 7.89. The summed E-state index contributed by atoms with van der Waals surface area (Å²) in [5, 5.41) is 10.3. The Hall–Kier alpha value is -1.54. The number of benzene rings is 1. The second kappa shape index (κ2) is 3.68. The Kier molecular flexibility index (Phi) is 2.77. The number of non-ortho nitro benzene ring substituents is 1. The van der Waals surface area contributed by atoms with Gasteiger partial charge in [0.15, 0.2) is 0 Å². The zero-order chi connectivity index (χ0) is 10.8. The van der Waals surface area contributed by atoms with Gasteiger partial charge in [-0.25, -0.2) is 8.42 Å². The van der Waals surface area contributed by atoms with Gasteiger partial charge in [0.25, 0.3) is 15.7 Å². The minimum atomic E-state index is -4.28. The van der Waals surface area contributed by atoms with E-state index < -0.39 is 25.5 Å². The van der Waals surface area contributed by atoms with Gasteiger partial charge < -0.3 is 0 Å². The number of sulfonamides is 1. The third kappa shape index (κ3) is 2.03. The van der Waals surface area contributed by atoms with Crippen LogP contribution >= 0.6 is 0 Å². The number of hydrogen-bond acceptors (Lipinski definition) is 4. The zero-order valence-corrected chi connectivity index (χ0v) is 7.49. The Morgan fingerprint density at radius 1 is 1.43 bits per heavy atom. The van der Waals surface area contributed by atoms with Crippen LogP contribution in [0.25, 0.3) is 0 Å². The van der Waals surface area contributed by atoms with Gasteiger partial charge in [0.1, 0.15) is 0 Å². The summed E-state index contributed by atoms with van der Waals surface area (Å²) >= 11 is 0. The molecular weight excluding hydrogens is 215 g/mol. The number of rotatable bonds is 3. The molecule has 1 aromatic carbocycles. The van der Waals surface area contributed by atoms with Crippen molar-refractivity contribution >= 4 is 15.7 Å². The van der Waals surface area contributed by atoms with Crippen LogP contribution in [0.5, 0.6) is 0 Å². The molecule has 6 nitrogen and oxygen atoms in total. The zero-order valence-electron chi connectivity index (χ0n) is 6.68. The molecular formula is C6H5FN2O4S. The van der Waals surface area contributed by atoms with E-state index in [-0.39, 0.29) is 0 Å². The summed E-state index contributed by atoms with van der Waals surface area (Å²) in [5.41, 5.74) is -0.415. The molecule has 1 aromatic rings. The Bertz CT molecular complexity index is 459. The van der Waals surface area contributed by atoms with Gasteiger partial charge in [0, 0.05) is 12.1 Å². The number of hydrogen-bond donors (Lipinski definition) is 1. The average molecular weight is 220 g/mol. The number of halogens is 1. The molecule has 0 atom stereocenters. The first-order valence-electron chi connectivity index (χ1n) is 3.34. The first-order valence-corrected chi connectivity index (χ1v) is 4.82. The topological polar surface area (TPSA) is 89.3 Å². The van der Waals surface area contributed by atoms with E-state index >= 15 is 0 Å². The van der Waals surface area contributed by atoms with Gasteiger partial charge in [-0.15, -0.1) is 4.48 Å². The van der Waals surface area contributed by atoms with Crippen molar-refractivity contribution in [2.24, 2.45) is 0 Å². The molecule has 0 fully saturated rings. The van der Waals surface area contributed by atoms with Crippen molar-refractivity contribution in [3.63, 3.8) is 0 Å². The van der Waals surface area contributed by atoms with Gasteiger partial charge in [-0.2, -0.15) is 0 Å². The van der Waals surface area contributed by atoms with Crippen LogP contribution in [0, 0.1) is 10.1 Å². The molecule has 0 aliphatic carbocycles. The van der Waals surface area contributed by atoms with E-state index in [0.717, 1.165) is 24.3 Å². The first kappa shape index (κ1) is 10.5. The molecule has 0 spiro atoms.